The Balaban J connectivity index is 2.50. The molecular weight excluding hydrogens is 406 g/mol. The minimum absolute atomic E-state index is 0.0718. The van der Waals surface area contributed by atoms with Crippen molar-refractivity contribution in [2.24, 2.45) is 0 Å². The van der Waals surface area contributed by atoms with Gasteiger partial charge in [0.05, 0.1) is 16.9 Å². The summed E-state index contributed by atoms with van der Waals surface area (Å²) in [6, 6.07) is 9.90. The number of nitro benzene ring substituents is 1. The molecule has 30 heavy (non-hydrogen) atoms. The van der Waals surface area contributed by atoms with Gasteiger partial charge in [0.1, 0.15) is 6.04 Å². The Morgan fingerprint density at radius 1 is 1.20 bits per heavy atom. The van der Waals surface area contributed by atoms with E-state index < -0.39 is 26.9 Å². The van der Waals surface area contributed by atoms with Crippen molar-refractivity contribution in [3.8, 4) is 0 Å². The summed E-state index contributed by atoms with van der Waals surface area (Å²) in [4.78, 5) is 23.7. The van der Waals surface area contributed by atoms with Crippen LogP contribution in [0.5, 0.6) is 0 Å². The lowest BCUT2D eigenvalue weighted by atomic mass is 9.98. The summed E-state index contributed by atoms with van der Waals surface area (Å²) in [5.41, 5.74) is 2.29. The van der Waals surface area contributed by atoms with E-state index in [2.05, 4.69) is 5.32 Å². The number of hydrogen-bond donors (Lipinski definition) is 1. The maximum atomic E-state index is 13.2. The standard InChI is InChI=1S/C21H27N3O5S/c1-6-19(21(25)22-20-15(4)9-7-12-18(20)14(2)3)23(30(5,28)29)16-10-8-11-17(13-16)24(26)27/h7-14,19H,6H2,1-5H3,(H,22,25)/t19-/m1/s1. The number of hydrogen-bond acceptors (Lipinski definition) is 5. The molecule has 8 nitrogen and oxygen atoms in total. The van der Waals surface area contributed by atoms with E-state index in [4.69, 9.17) is 0 Å². The molecule has 0 spiro atoms. The van der Waals surface area contributed by atoms with Crippen LogP contribution >= 0.6 is 0 Å². The van der Waals surface area contributed by atoms with Gasteiger partial charge in [-0.3, -0.25) is 19.2 Å². The molecule has 0 bridgehead atoms. The number of nitrogens with one attached hydrogen (secondary N) is 1. The van der Waals surface area contributed by atoms with Gasteiger partial charge in [0.2, 0.25) is 15.9 Å². The van der Waals surface area contributed by atoms with Crippen molar-refractivity contribution in [2.45, 2.75) is 46.1 Å². The number of non-ortho nitro benzene ring substituents is 1. The van der Waals surface area contributed by atoms with Crippen LogP contribution < -0.4 is 9.62 Å². The van der Waals surface area contributed by atoms with E-state index in [0.717, 1.165) is 27.8 Å². The van der Waals surface area contributed by atoms with Crippen molar-refractivity contribution in [3.05, 3.63) is 63.7 Å². The highest BCUT2D eigenvalue weighted by atomic mass is 32.2. The first kappa shape index (κ1) is 23.3. The summed E-state index contributed by atoms with van der Waals surface area (Å²) in [5, 5.41) is 14.0. The summed E-state index contributed by atoms with van der Waals surface area (Å²) in [6.07, 6.45) is 1.17. The monoisotopic (exact) mass is 433 g/mol. The molecule has 0 saturated heterocycles. The van der Waals surface area contributed by atoms with E-state index in [0.29, 0.717) is 5.69 Å². The molecule has 0 unspecified atom stereocenters. The van der Waals surface area contributed by atoms with E-state index in [1.165, 1.54) is 18.2 Å². The van der Waals surface area contributed by atoms with Gasteiger partial charge in [-0.2, -0.15) is 0 Å². The van der Waals surface area contributed by atoms with E-state index in [-0.39, 0.29) is 23.7 Å². The van der Waals surface area contributed by atoms with Gasteiger partial charge in [0, 0.05) is 17.8 Å². The second-order valence-electron chi connectivity index (χ2n) is 7.44. The van der Waals surface area contributed by atoms with Crippen molar-refractivity contribution in [2.75, 3.05) is 15.9 Å². The van der Waals surface area contributed by atoms with Gasteiger partial charge >= 0.3 is 0 Å². The van der Waals surface area contributed by atoms with Crippen LogP contribution in [-0.2, 0) is 14.8 Å². The molecule has 0 aliphatic heterocycles. The van der Waals surface area contributed by atoms with Gasteiger partial charge in [0.25, 0.3) is 5.69 Å². The summed E-state index contributed by atoms with van der Waals surface area (Å²) >= 11 is 0. The van der Waals surface area contributed by atoms with Crippen LogP contribution in [0.15, 0.2) is 42.5 Å². The Morgan fingerprint density at radius 3 is 2.37 bits per heavy atom. The molecule has 1 amide bonds. The molecule has 0 heterocycles. The summed E-state index contributed by atoms with van der Waals surface area (Å²) in [7, 11) is -3.90. The highest BCUT2D eigenvalue weighted by Crippen LogP contribution is 2.30. The largest absolute Gasteiger partial charge is 0.324 e. The topological polar surface area (TPSA) is 110 Å². The number of sulfonamides is 1. The number of carbonyl (C=O) groups is 1. The fourth-order valence-electron chi connectivity index (χ4n) is 3.35. The maximum Gasteiger partial charge on any atom is 0.271 e. The molecule has 1 atom stereocenters. The summed E-state index contributed by atoms with van der Waals surface area (Å²) in [5.74, 6) is -0.339. The first-order valence-electron chi connectivity index (χ1n) is 9.61. The SMILES string of the molecule is CC[C@H](C(=O)Nc1c(C)cccc1C(C)C)N(c1cccc([N+](=O)[O-])c1)S(C)(=O)=O. The molecular formula is C21H27N3O5S. The Kier molecular flexibility index (Phi) is 7.20. The van der Waals surface area contributed by atoms with Crippen LogP contribution in [0.1, 0.15) is 44.2 Å². The van der Waals surface area contributed by atoms with Gasteiger partial charge in [-0.25, -0.2) is 8.42 Å². The van der Waals surface area contributed by atoms with Crippen molar-refractivity contribution in [1.82, 2.24) is 0 Å². The number of carbonyl (C=O) groups excluding carboxylic acids is 1. The van der Waals surface area contributed by atoms with E-state index >= 15 is 0 Å². The molecule has 0 radical (unpaired) electrons. The van der Waals surface area contributed by atoms with E-state index in [1.807, 2.05) is 39.0 Å². The molecule has 0 fully saturated rings. The number of amides is 1. The Bertz CT molecular complexity index is 1050. The number of benzene rings is 2. The molecule has 0 saturated carbocycles. The van der Waals surface area contributed by atoms with Crippen molar-refractivity contribution >= 4 is 33.0 Å². The Morgan fingerprint density at radius 2 is 1.83 bits per heavy atom. The molecule has 9 heteroatoms. The fourth-order valence-corrected chi connectivity index (χ4v) is 4.56. The molecule has 162 valence electrons. The van der Waals surface area contributed by atoms with Crippen LogP contribution in [0.4, 0.5) is 17.1 Å². The average molecular weight is 434 g/mol. The minimum Gasteiger partial charge on any atom is -0.324 e. The quantitative estimate of drug-likeness (QED) is 0.495. The minimum atomic E-state index is -3.90. The predicted octanol–water partition coefficient (Wildman–Crippen LogP) is 4.21. The van der Waals surface area contributed by atoms with E-state index in [1.54, 1.807) is 6.92 Å². The van der Waals surface area contributed by atoms with Crippen LogP contribution in [-0.4, -0.2) is 31.5 Å². The molecule has 0 aliphatic carbocycles. The van der Waals surface area contributed by atoms with Crippen LogP contribution in [0, 0.1) is 17.0 Å². The third-order valence-electron chi connectivity index (χ3n) is 4.80. The number of anilines is 2. The number of aryl methyl sites for hydroxylation is 1. The van der Waals surface area contributed by atoms with Crippen molar-refractivity contribution in [3.63, 3.8) is 0 Å². The lowest BCUT2D eigenvalue weighted by molar-refractivity contribution is -0.384. The van der Waals surface area contributed by atoms with Gasteiger partial charge < -0.3 is 5.32 Å². The summed E-state index contributed by atoms with van der Waals surface area (Å²) in [6.45, 7) is 7.58. The third-order valence-corrected chi connectivity index (χ3v) is 5.98. The van der Waals surface area contributed by atoms with Crippen molar-refractivity contribution in [1.29, 1.82) is 0 Å². The normalized spacial score (nSPS) is 12.5. The van der Waals surface area contributed by atoms with Crippen LogP contribution in [0.2, 0.25) is 0 Å². The average Bonchev–Trinajstić information content (AvgIpc) is 2.66. The zero-order valence-electron chi connectivity index (χ0n) is 17.7. The number of nitro groups is 1. The summed E-state index contributed by atoms with van der Waals surface area (Å²) < 4.78 is 26.1. The van der Waals surface area contributed by atoms with Crippen LogP contribution in [0.25, 0.3) is 0 Å². The lowest BCUT2D eigenvalue weighted by Gasteiger charge is -2.30. The highest BCUT2D eigenvalue weighted by molar-refractivity contribution is 7.92. The first-order chi connectivity index (χ1) is 14.0. The maximum absolute atomic E-state index is 13.2. The molecule has 2 aromatic carbocycles. The Hall–Kier alpha value is -2.94. The van der Waals surface area contributed by atoms with E-state index in [9.17, 15) is 23.3 Å². The zero-order valence-corrected chi connectivity index (χ0v) is 18.6. The molecule has 2 rings (SSSR count). The number of nitrogens with zero attached hydrogens (tertiary/aromatic N) is 2. The highest BCUT2D eigenvalue weighted by Gasteiger charge is 2.33. The molecule has 0 aliphatic rings. The van der Waals surface area contributed by atoms with Gasteiger partial charge in [-0.05, 0) is 36.5 Å². The van der Waals surface area contributed by atoms with Gasteiger partial charge in [0.15, 0.2) is 0 Å². The predicted molar refractivity (Wildman–Crippen MR) is 118 cm³/mol. The van der Waals surface area contributed by atoms with Crippen molar-refractivity contribution < 1.29 is 18.1 Å². The zero-order chi connectivity index (χ0) is 22.6. The molecule has 1 N–H and O–H groups in total. The van der Waals surface area contributed by atoms with Crippen LogP contribution in [0.3, 0.4) is 0 Å². The fraction of sp³-hybridized carbons (Fsp3) is 0.381. The smallest absolute Gasteiger partial charge is 0.271 e. The lowest BCUT2D eigenvalue weighted by Crippen LogP contribution is -2.47. The third kappa shape index (κ3) is 5.15. The molecule has 0 aromatic heterocycles. The first-order valence-corrected chi connectivity index (χ1v) is 11.5. The number of rotatable bonds is 8. The van der Waals surface area contributed by atoms with Gasteiger partial charge in [-0.15, -0.1) is 0 Å². The Labute approximate surface area is 177 Å². The second kappa shape index (κ2) is 9.25. The molecule has 2 aromatic rings. The van der Waals surface area contributed by atoms with Gasteiger partial charge in [-0.1, -0.05) is 45.0 Å². The number of para-hydroxylation sites is 1. The second-order valence-corrected chi connectivity index (χ2v) is 9.30.